The normalized spacial score (nSPS) is 13.4. The fourth-order valence-electron chi connectivity index (χ4n) is 7.61. The van der Waals surface area contributed by atoms with Crippen molar-refractivity contribution >= 4 is 17.9 Å². The molecule has 0 aromatic rings. The minimum atomic E-state index is -0.823. The Morgan fingerprint density at radius 3 is 0.808 bits per heavy atom. The predicted molar refractivity (Wildman–Crippen MR) is 338 cm³/mol. The quantitative estimate of drug-likeness (QED) is 0.0261. The molecular formula is C72H110O6. The first-order chi connectivity index (χ1) is 38.5. The summed E-state index contributed by atoms with van der Waals surface area (Å²) in [5.41, 5.74) is 0. The lowest BCUT2D eigenvalue weighted by Gasteiger charge is -2.18. The molecule has 0 aliphatic heterocycles. The molecule has 0 radical (unpaired) electrons. The third-order valence-electron chi connectivity index (χ3n) is 12.2. The molecule has 0 rings (SSSR count). The van der Waals surface area contributed by atoms with E-state index in [0.717, 1.165) is 148 Å². The molecule has 0 N–H and O–H groups in total. The number of carbonyl (C=O) groups is 3. The predicted octanol–water partition coefficient (Wildman–Crippen LogP) is 21.3. The van der Waals surface area contributed by atoms with Gasteiger partial charge in [0.05, 0.1) is 0 Å². The van der Waals surface area contributed by atoms with Gasteiger partial charge in [-0.2, -0.15) is 0 Å². The number of hydrogen-bond acceptors (Lipinski definition) is 6. The van der Waals surface area contributed by atoms with Crippen molar-refractivity contribution in [2.24, 2.45) is 0 Å². The molecule has 0 bridgehead atoms. The van der Waals surface area contributed by atoms with E-state index in [2.05, 4.69) is 203 Å². The van der Waals surface area contributed by atoms with Crippen molar-refractivity contribution in [1.29, 1.82) is 0 Å². The van der Waals surface area contributed by atoms with E-state index in [1.807, 2.05) is 0 Å². The Morgan fingerprint density at radius 2 is 0.500 bits per heavy atom. The van der Waals surface area contributed by atoms with Crippen molar-refractivity contribution in [3.05, 3.63) is 182 Å². The van der Waals surface area contributed by atoms with E-state index in [4.69, 9.17) is 14.2 Å². The van der Waals surface area contributed by atoms with Gasteiger partial charge in [0.15, 0.2) is 6.10 Å². The maximum absolute atomic E-state index is 12.9. The lowest BCUT2D eigenvalue weighted by Crippen LogP contribution is -2.30. The van der Waals surface area contributed by atoms with Crippen LogP contribution in [-0.4, -0.2) is 37.2 Å². The Hall–Kier alpha value is -5.49. The second kappa shape index (κ2) is 64.0. The summed E-state index contributed by atoms with van der Waals surface area (Å²) in [7, 11) is 0. The standard InChI is InChI=1S/C72H110O6/c1-4-7-10-13-16-19-21-23-25-27-29-31-33-35-36-38-39-41-43-45-47-49-51-53-56-59-62-65-71(74)77-68-69(67-76-70(73)64-61-58-55-18-15-12-9-6-3)78-72(75)66-63-60-57-54-52-50-48-46-44-42-40-37-34-32-30-28-26-24-22-20-17-14-11-8-5-2/h7-8,10-11,16-17,19-20,23-26,29-32,35-37,39-41,44-47,50-53,69H,4-6,9,12-15,18,21-22,27-28,33-34,38,42-43,48-49,54-68H2,1-3H3/b10-7-,11-8-,19-16-,20-17-,25-23-,26-24-,31-29-,32-30-,36-35-,40-37-,41-39-,46-44-,47-45-,52-50-,53-51-. The highest BCUT2D eigenvalue weighted by Crippen LogP contribution is 2.12. The Bertz CT molecular complexity index is 1850. The van der Waals surface area contributed by atoms with Gasteiger partial charge in [-0.15, -0.1) is 0 Å². The Kier molecular flexibility index (Phi) is 59.5. The zero-order valence-corrected chi connectivity index (χ0v) is 49.6. The Balaban J connectivity index is 4.42. The van der Waals surface area contributed by atoms with Crippen LogP contribution in [0.4, 0.5) is 0 Å². The molecule has 0 saturated carbocycles. The molecule has 0 saturated heterocycles. The van der Waals surface area contributed by atoms with Gasteiger partial charge >= 0.3 is 17.9 Å². The minimum absolute atomic E-state index is 0.114. The number of allylic oxidation sites excluding steroid dienone is 30. The number of carbonyl (C=O) groups excluding carboxylic acids is 3. The maximum atomic E-state index is 12.9. The first-order valence-electron chi connectivity index (χ1n) is 30.8. The largest absolute Gasteiger partial charge is 0.462 e. The van der Waals surface area contributed by atoms with Gasteiger partial charge in [-0.3, -0.25) is 14.4 Å². The van der Waals surface area contributed by atoms with Crippen molar-refractivity contribution in [3.63, 3.8) is 0 Å². The van der Waals surface area contributed by atoms with Crippen molar-refractivity contribution < 1.29 is 28.6 Å². The fraction of sp³-hybridized carbons (Fsp3) is 0.542. The maximum Gasteiger partial charge on any atom is 0.306 e. The highest BCUT2D eigenvalue weighted by Gasteiger charge is 2.19. The first kappa shape index (κ1) is 72.5. The third-order valence-corrected chi connectivity index (χ3v) is 12.2. The average molecular weight is 1070 g/mol. The van der Waals surface area contributed by atoms with Crippen LogP contribution in [0.1, 0.15) is 233 Å². The zero-order chi connectivity index (χ0) is 56.4. The third kappa shape index (κ3) is 61.4. The zero-order valence-electron chi connectivity index (χ0n) is 49.6. The van der Waals surface area contributed by atoms with Crippen molar-refractivity contribution in [2.45, 2.75) is 239 Å². The van der Waals surface area contributed by atoms with Crippen LogP contribution in [0.5, 0.6) is 0 Å². The highest BCUT2D eigenvalue weighted by molar-refractivity contribution is 5.71. The molecule has 0 aliphatic rings. The summed E-state index contributed by atoms with van der Waals surface area (Å²) in [4.78, 5) is 38.1. The van der Waals surface area contributed by atoms with Gasteiger partial charge in [0.25, 0.3) is 0 Å². The van der Waals surface area contributed by atoms with Crippen molar-refractivity contribution in [2.75, 3.05) is 13.2 Å². The van der Waals surface area contributed by atoms with E-state index in [9.17, 15) is 14.4 Å². The van der Waals surface area contributed by atoms with E-state index in [1.54, 1.807) is 0 Å². The van der Waals surface area contributed by atoms with Gasteiger partial charge in [-0.25, -0.2) is 0 Å². The van der Waals surface area contributed by atoms with E-state index in [-0.39, 0.29) is 44.0 Å². The number of rotatable bonds is 53. The number of unbranched alkanes of at least 4 members (excludes halogenated alkanes) is 12. The molecule has 434 valence electrons. The second-order valence-electron chi connectivity index (χ2n) is 19.5. The molecule has 1 unspecified atom stereocenters. The molecule has 0 amide bonds. The lowest BCUT2D eigenvalue weighted by molar-refractivity contribution is -0.167. The molecule has 6 heteroatoms. The summed E-state index contributed by atoms with van der Waals surface area (Å²) in [6.07, 6.45) is 96.2. The summed E-state index contributed by atoms with van der Waals surface area (Å²) in [5.74, 6) is -1.01. The number of ether oxygens (including phenoxy) is 3. The van der Waals surface area contributed by atoms with E-state index < -0.39 is 6.10 Å². The van der Waals surface area contributed by atoms with Gasteiger partial charge < -0.3 is 14.2 Å². The summed E-state index contributed by atoms with van der Waals surface area (Å²) >= 11 is 0. The number of esters is 3. The molecule has 0 aromatic carbocycles. The topological polar surface area (TPSA) is 78.9 Å². The molecule has 0 aliphatic carbocycles. The van der Waals surface area contributed by atoms with Crippen molar-refractivity contribution in [1.82, 2.24) is 0 Å². The molecule has 1 atom stereocenters. The molecule has 0 spiro atoms. The fourth-order valence-corrected chi connectivity index (χ4v) is 7.61. The van der Waals surface area contributed by atoms with E-state index >= 15 is 0 Å². The molecule has 0 aromatic heterocycles. The van der Waals surface area contributed by atoms with E-state index in [1.165, 1.54) is 32.1 Å². The molecule has 0 heterocycles. The van der Waals surface area contributed by atoms with Gasteiger partial charge in [0.1, 0.15) is 13.2 Å². The van der Waals surface area contributed by atoms with Gasteiger partial charge in [-0.1, -0.05) is 254 Å². The smallest absolute Gasteiger partial charge is 0.306 e. The van der Waals surface area contributed by atoms with Crippen LogP contribution < -0.4 is 0 Å². The second-order valence-corrected chi connectivity index (χ2v) is 19.5. The van der Waals surface area contributed by atoms with Crippen LogP contribution in [0.2, 0.25) is 0 Å². The monoisotopic (exact) mass is 1070 g/mol. The van der Waals surface area contributed by atoms with Crippen LogP contribution in [0.25, 0.3) is 0 Å². The van der Waals surface area contributed by atoms with Crippen LogP contribution in [0, 0.1) is 0 Å². The first-order valence-corrected chi connectivity index (χ1v) is 30.8. The van der Waals surface area contributed by atoms with Crippen LogP contribution in [-0.2, 0) is 28.6 Å². The average Bonchev–Trinajstić information content (AvgIpc) is 3.44. The molecule has 6 nitrogen and oxygen atoms in total. The summed E-state index contributed by atoms with van der Waals surface area (Å²) in [6, 6.07) is 0. The minimum Gasteiger partial charge on any atom is -0.462 e. The van der Waals surface area contributed by atoms with Crippen LogP contribution >= 0.6 is 0 Å². The van der Waals surface area contributed by atoms with Crippen LogP contribution in [0.3, 0.4) is 0 Å². The number of hydrogen-bond donors (Lipinski definition) is 0. The lowest BCUT2D eigenvalue weighted by atomic mass is 10.1. The van der Waals surface area contributed by atoms with E-state index in [0.29, 0.717) is 19.3 Å². The molecule has 0 fully saturated rings. The van der Waals surface area contributed by atoms with Gasteiger partial charge in [0, 0.05) is 19.3 Å². The summed E-state index contributed by atoms with van der Waals surface area (Å²) < 4.78 is 16.8. The van der Waals surface area contributed by atoms with Crippen molar-refractivity contribution in [3.8, 4) is 0 Å². The Morgan fingerprint density at radius 1 is 0.269 bits per heavy atom. The summed E-state index contributed by atoms with van der Waals surface area (Å²) in [6.45, 7) is 6.29. The van der Waals surface area contributed by atoms with Gasteiger partial charge in [0.2, 0.25) is 0 Å². The highest BCUT2D eigenvalue weighted by atomic mass is 16.6. The molecule has 78 heavy (non-hydrogen) atoms. The summed E-state index contributed by atoms with van der Waals surface area (Å²) in [5, 5.41) is 0. The van der Waals surface area contributed by atoms with Gasteiger partial charge in [-0.05, 0) is 141 Å². The SMILES string of the molecule is CC/C=C\C/C=C\C/C=C\C/C=C\C/C=C\C/C=C\C/C=C\C/C=C\CCCCC(=O)OCC(COC(=O)CCCCCCCCCC)OC(=O)CCCCC/C=C\C/C=C\C/C=C\C/C=C\C/C=C\C/C=C\C/C=C\CC. The molecular weight excluding hydrogens is 961 g/mol. The Labute approximate surface area is 478 Å². The van der Waals surface area contributed by atoms with Crippen LogP contribution in [0.15, 0.2) is 182 Å².